The first-order chi connectivity index (χ1) is 22.6. The number of carbonyl (C=O) groups is 1. The average molecular weight is 705 g/mol. The number of carbonyl (C=O) groups excluding carboxylic acids is 1. The lowest BCUT2D eigenvalue weighted by Gasteiger charge is -2.37. The third kappa shape index (κ3) is 7.14. The van der Waals surface area contributed by atoms with Crippen LogP contribution in [-0.4, -0.2) is 38.1 Å². The highest BCUT2D eigenvalue weighted by molar-refractivity contribution is 7.92. The highest BCUT2D eigenvalue weighted by Gasteiger charge is 2.39. The standard InChI is InChI=1S/C33H25ClF4N2O7S/c1-19(31-26(34)7-4-8-27(31)35)15-21-9-14-29-28(16-21)39(48(44,45)25-6-3-5-23(17-25)33(36,37)38)18-30(47-29)20(2)46-32(41)22-10-12-24(13-11-22)40(42)43/h3-17,20,30H,18H2,1-2H3/b19-15+/t20-,30?/m1/s1. The normalized spacial score (nSPS) is 15.7. The number of nitro benzene ring substituents is 1. The maximum absolute atomic E-state index is 14.6. The summed E-state index contributed by atoms with van der Waals surface area (Å²) < 4.78 is 95.7. The van der Waals surface area contributed by atoms with Gasteiger partial charge in [-0.3, -0.25) is 14.4 Å². The second-order valence-electron chi connectivity index (χ2n) is 10.8. The Hall–Kier alpha value is -4.95. The lowest BCUT2D eigenvalue weighted by Crippen LogP contribution is -2.49. The van der Waals surface area contributed by atoms with Gasteiger partial charge in [-0.1, -0.05) is 35.9 Å². The zero-order chi connectivity index (χ0) is 35.0. The first kappa shape index (κ1) is 34.4. The van der Waals surface area contributed by atoms with E-state index in [1.807, 2.05) is 0 Å². The number of esters is 1. The van der Waals surface area contributed by atoms with Crippen LogP contribution in [-0.2, 0) is 20.9 Å². The fourth-order valence-corrected chi connectivity index (χ4v) is 6.88. The summed E-state index contributed by atoms with van der Waals surface area (Å²) in [4.78, 5) is 22.5. The van der Waals surface area contributed by atoms with E-state index in [9.17, 15) is 40.9 Å². The SMILES string of the molecule is C/C(=C\c1ccc2c(c1)N(S(=O)(=O)c1cccc(C(F)(F)F)c1)CC([C@@H](C)OC(=O)c1ccc([N+](=O)[O-])cc1)O2)c1c(F)cccc1Cl. The molecule has 0 bridgehead atoms. The predicted molar refractivity (Wildman–Crippen MR) is 170 cm³/mol. The molecule has 1 heterocycles. The predicted octanol–water partition coefficient (Wildman–Crippen LogP) is 8.17. The minimum absolute atomic E-state index is 0.0127. The number of alkyl halides is 3. The Kier molecular flexibility index (Phi) is 9.51. The van der Waals surface area contributed by atoms with Crippen LogP contribution in [0.15, 0.2) is 89.8 Å². The minimum Gasteiger partial charge on any atom is -0.482 e. The van der Waals surface area contributed by atoms with Gasteiger partial charge in [0.05, 0.1) is 38.2 Å². The van der Waals surface area contributed by atoms with Gasteiger partial charge in [-0.15, -0.1) is 0 Å². The Labute approximate surface area is 277 Å². The smallest absolute Gasteiger partial charge is 0.416 e. The van der Waals surface area contributed by atoms with Crippen LogP contribution >= 0.6 is 11.6 Å². The Bertz CT molecular complexity index is 2020. The molecule has 0 fully saturated rings. The fourth-order valence-electron chi connectivity index (χ4n) is 5.04. The molecule has 0 amide bonds. The molecule has 0 N–H and O–H groups in total. The first-order valence-electron chi connectivity index (χ1n) is 14.1. The van der Waals surface area contributed by atoms with E-state index in [0.717, 1.165) is 34.6 Å². The molecule has 5 rings (SSSR count). The van der Waals surface area contributed by atoms with Crippen LogP contribution in [0, 0.1) is 15.9 Å². The number of anilines is 1. The molecule has 0 radical (unpaired) electrons. The van der Waals surface area contributed by atoms with Crippen molar-refractivity contribution in [1.29, 1.82) is 0 Å². The van der Waals surface area contributed by atoms with Gasteiger partial charge in [0.1, 0.15) is 17.7 Å². The Morgan fingerprint density at radius 3 is 2.42 bits per heavy atom. The summed E-state index contributed by atoms with van der Waals surface area (Å²) in [6.45, 7) is 2.56. The van der Waals surface area contributed by atoms with E-state index in [1.165, 1.54) is 49.4 Å². The molecule has 0 saturated heterocycles. The van der Waals surface area contributed by atoms with Crippen molar-refractivity contribution in [3.63, 3.8) is 0 Å². The van der Waals surface area contributed by atoms with Gasteiger partial charge in [-0.25, -0.2) is 17.6 Å². The topological polar surface area (TPSA) is 116 Å². The molecule has 48 heavy (non-hydrogen) atoms. The van der Waals surface area contributed by atoms with Crippen LogP contribution in [0.3, 0.4) is 0 Å². The van der Waals surface area contributed by atoms with Crippen LogP contribution in [0.5, 0.6) is 5.75 Å². The zero-order valence-electron chi connectivity index (χ0n) is 25.1. The molecule has 9 nitrogen and oxygen atoms in total. The second-order valence-corrected chi connectivity index (χ2v) is 13.1. The molecule has 4 aromatic carbocycles. The molecule has 4 aromatic rings. The van der Waals surface area contributed by atoms with E-state index in [1.54, 1.807) is 19.1 Å². The molecule has 15 heteroatoms. The number of hydrogen-bond donors (Lipinski definition) is 0. The molecule has 0 aliphatic carbocycles. The number of fused-ring (bicyclic) bond motifs is 1. The Morgan fingerprint density at radius 2 is 1.77 bits per heavy atom. The maximum atomic E-state index is 14.6. The Balaban J connectivity index is 1.53. The van der Waals surface area contributed by atoms with Crippen LogP contribution < -0.4 is 9.04 Å². The van der Waals surface area contributed by atoms with Crippen LogP contribution in [0.2, 0.25) is 5.02 Å². The number of allylic oxidation sites excluding steroid dienone is 1. The molecule has 0 aromatic heterocycles. The van der Waals surface area contributed by atoms with Crippen molar-refractivity contribution >= 4 is 50.6 Å². The molecular formula is C33H25ClF4N2O7S. The summed E-state index contributed by atoms with van der Waals surface area (Å²) in [5, 5.41) is 11.1. The average Bonchev–Trinajstić information content (AvgIpc) is 3.03. The lowest BCUT2D eigenvalue weighted by atomic mass is 10.0. The highest BCUT2D eigenvalue weighted by Crippen LogP contribution is 2.40. The number of sulfonamides is 1. The number of ether oxygens (including phenoxy) is 2. The third-order valence-corrected chi connectivity index (χ3v) is 9.59. The van der Waals surface area contributed by atoms with Gasteiger partial charge < -0.3 is 9.47 Å². The van der Waals surface area contributed by atoms with Crippen molar-refractivity contribution in [3.8, 4) is 5.75 Å². The summed E-state index contributed by atoms with van der Waals surface area (Å²) >= 11 is 6.21. The summed E-state index contributed by atoms with van der Waals surface area (Å²) in [5.74, 6) is -1.44. The second kappa shape index (κ2) is 13.3. The Morgan fingerprint density at radius 1 is 1.08 bits per heavy atom. The number of halogens is 5. The molecule has 1 aliphatic heterocycles. The molecular weight excluding hydrogens is 680 g/mol. The van der Waals surface area contributed by atoms with Crippen molar-refractivity contribution in [3.05, 3.63) is 128 Å². The monoisotopic (exact) mass is 704 g/mol. The van der Waals surface area contributed by atoms with Crippen molar-refractivity contribution < 1.29 is 45.2 Å². The van der Waals surface area contributed by atoms with E-state index in [0.29, 0.717) is 17.2 Å². The summed E-state index contributed by atoms with van der Waals surface area (Å²) in [6.07, 6.45) is -5.51. The van der Waals surface area contributed by atoms with Crippen LogP contribution in [0.1, 0.15) is 40.9 Å². The third-order valence-electron chi connectivity index (χ3n) is 7.50. The van der Waals surface area contributed by atoms with Crippen LogP contribution in [0.25, 0.3) is 11.6 Å². The quantitative estimate of drug-likeness (QED) is 0.0597. The highest BCUT2D eigenvalue weighted by atomic mass is 35.5. The number of hydrogen-bond acceptors (Lipinski definition) is 7. The first-order valence-corrected chi connectivity index (χ1v) is 16.0. The van der Waals surface area contributed by atoms with Gasteiger partial charge in [-0.2, -0.15) is 13.2 Å². The molecule has 2 atom stereocenters. The molecule has 0 saturated carbocycles. The summed E-state index contributed by atoms with van der Waals surface area (Å²) in [5.41, 5.74) is -0.527. The van der Waals surface area contributed by atoms with Crippen molar-refractivity contribution in [2.24, 2.45) is 0 Å². The van der Waals surface area contributed by atoms with Gasteiger partial charge in [0, 0.05) is 17.7 Å². The van der Waals surface area contributed by atoms with E-state index in [-0.39, 0.29) is 33.3 Å². The lowest BCUT2D eigenvalue weighted by molar-refractivity contribution is -0.384. The zero-order valence-corrected chi connectivity index (χ0v) is 26.6. The number of nitrogens with zero attached hydrogens (tertiary/aromatic N) is 2. The summed E-state index contributed by atoms with van der Waals surface area (Å²) in [6, 6.07) is 16.5. The van der Waals surface area contributed by atoms with Gasteiger partial charge in [0.25, 0.3) is 15.7 Å². The van der Waals surface area contributed by atoms with Crippen molar-refractivity contribution in [2.75, 3.05) is 10.8 Å². The van der Waals surface area contributed by atoms with Gasteiger partial charge in [0.2, 0.25) is 0 Å². The van der Waals surface area contributed by atoms with E-state index in [2.05, 4.69) is 0 Å². The number of benzene rings is 4. The maximum Gasteiger partial charge on any atom is 0.416 e. The van der Waals surface area contributed by atoms with E-state index < -0.39 is 62.1 Å². The van der Waals surface area contributed by atoms with Gasteiger partial charge in [0.15, 0.2) is 6.10 Å². The largest absolute Gasteiger partial charge is 0.482 e. The number of non-ortho nitro benzene ring substituents is 1. The fraction of sp³-hybridized carbons (Fsp3) is 0.182. The summed E-state index contributed by atoms with van der Waals surface area (Å²) in [7, 11) is -4.68. The van der Waals surface area contributed by atoms with E-state index in [4.69, 9.17) is 21.1 Å². The van der Waals surface area contributed by atoms with E-state index >= 15 is 0 Å². The molecule has 250 valence electrons. The van der Waals surface area contributed by atoms with Crippen molar-refractivity contribution in [2.45, 2.75) is 37.1 Å². The molecule has 1 aliphatic rings. The van der Waals surface area contributed by atoms with Gasteiger partial charge >= 0.3 is 12.1 Å². The van der Waals surface area contributed by atoms with Crippen molar-refractivity contribution in [1.82, 2.24) is 0 Å². The number of rotatable bonds is 8. The molecule has 1 unspecified atom stereocenters. The minimum atomic E-state index is -4.82. The van der Waals surface area contributed by atoms with Crippen LogP contribution in [0.4, 0.5) is 28.9 Å². The molecule has 0 spiro atoms. The van der Waals surface area contributed by atoms with Gasteiger partial charge in [-0.05, 0) is 79.6 Å². The number of nitro groups is 1.